The van der Waals surface area contributed by atoms with Gasteiger partial charge in [-0.3, -0.25) is 14.5 Å². The number of ether oxygens (including phenoxy) is 1. The van der Waals surface area contributed by atoms with Crippen molar-refractivity contribution >= 4 is 52.4 Å². The number of carbonyl (C=O) groups is 2. The minimum atomic E-state index is -0.212. The Labute approximate surface area is 156 Å². The fourth-order valence-corrected chi connectivity index (χ4v) is 3.54. The molecule has 5 nitrogen and oxygen atoms in total. The lowest BCUT2D eigenvalue weighted by Gasteiger charge is -2.30. The molecule has 1 saturated heterocycles. The van der Waals surface area contributed by atoms with Crippen molar-refractivity contribution < 1.29 is 14.3 Å². The van der Waals surface area contributed by atoms with Crippen LogP contribution in [0.2, 0.25) is 15.1 Å². The minimum absolute atomic E-state index is 0.0792. The van der Waals surface area contributed by atoms with Gasteiger partial charge in [-0.25, -0.2) is 0 Å². The molecule has 1 aromatic carbocycles. The maximum atomic E-state index is 12.2. The zero-order valence-electron chi connectivity index (χ0n) is 13.3. The molecule has 0 spiro atoms. The van der Waals surface area contributed by atoms with E-state index in [1.165, 1.54) is 12.1 Å². The van der Waals surface area contributed by atoms with Crippen LogP contribution in [0.1, 0.15) is 19.8 Å². The van der Waals surface area contributed by atoms with Gasteiger partial charge in [0, 0.05) is 5.02 Å². The summed E-state index contributed by atoms with van der Waals surface area (Å²) in [6.07, 6.45) is 1.38. The van der Waals surface area contributed by atoms with Crippen LogP contribution < -0.4 is 5.32 Å². The van der Waals surface area contributed by atoms with Crippen molar-refractivity contribution in [3.63, 3.8) is 0 Å². The van der Waals surface area contributed by atoms with Crippen molar-refractivity contribution in [3.8, 4) is 0 Å². The van der Waals surface area contributed by atoms with E-state index in [4.69, 9.17) is 39.5 Å². The molecule has 0 atom stereocenters. The van der Waals surface area contributed by atoms with Crippen LogP contribution in [0, 0.1) is 5.92 Å². The highest BCUT2D eigenvalue weighted by Crippen LogP contribution is 2.33. The summed E-state index contributed by atoms with van der Waals surface area (Å²) in [6.45, 7) is 3.73. The molecule has 1 aliphatic heterocycles. The average molecular weight is 394 g/mol. The predicted octanol–water partition coefficient (Wildman–Crippen LogP) is 3.86. The Morgan fingerprint density at radius 2 is 1.79 bits per heavy atom. The highest BCUT2D eigenvalue weighted by molar-refractivity contribution is 6.42. The van der Waals surface area contributed by atoms with Crippen molar-refractivity contribution in [2.75, 3.05) is 31.6 Å². The zero-order chi connectivity index (χ0) is 17.7. The lowest BCUT2D eigenvalue weighted by Crippen LogP contribution is -2.41. The van der Waals surface area contributed by atoms with Gasteiger partial charge in [-0.2, -0.15) is 0 Å². The monoisotopic (exact) mass is 392 g/mol. The fraction of sp³-hybridized carbons (Fsp3) is 0.500. The molecular formula is C16H19Cl3N2O3. The lowest BCUT2D eigenvalue weighted by molar-refractivity contribution is -0.149. The number of esters is 1. The van der Waals surface area contributed by atoms with Crippen LogP contribution in [0.3, 0.4) is 0 Å². The summed E-state index contributed by atoms with van der Waals surface area (Å²) in [7, 11) is 0. The molecule has 0 aromatic heterocycles. The van der Waals surface area contributed by atoms with Gasteiger partial charge in [0.25, 0.3) is 0 Å². The molecule has 0 saturated carbocycles. The molecule has 1 aliphatic rings. The van der Waals surface area contributed by atoms with Gasteiger partial charge in [0.15, 0.2) is 0 Å². The van der Waals surface area contributed by atoms with Crippen LogP contribution in [-0.2, 0) is 14.3 Å². The molecular weight excluding hydrogens is 375 g/mol. The van der Waals surface area contributed by atoms with Gasteiger partial charge in [-0.1, -0.05) is 34.8 Å². The summed E-state index contributed by atoms with van der Waals surface area (Å²) >= 11 is 18.0. The number of amides is 1. The van der Waals surface area contributed by atoms with E-state index in [0.717, 1.165) is 0 Å². The molecule has 2 rings (SSSR count). The molecule has 24 heavy (non-hydrogen) atoms. The van der Waals surface area contributed by atoms with E-state index >= 15 is 0 Å². The Hall–Kier alpha value is -1.01. The second-order valence-corrected chi connectivity index (χ2v) is 6.85. The van der Waals surface area contributed by atoms with Gasteiger partial charge in [0.05, 0.1) is 34.8 Å². The van der Waals surface area contributed by atoms with Gasteiger partial charge in [0.1, 0.15) is 0 Å². The quantitative estimate of drug-likeness (QED) is 0.772. The first-order chi connectivity index (χ1) is 11.4. The van der Waals surface area contributed by atoms with Crippen LogP contribution in [0.5, 0.6) is 0 Å². The van der Waals surface area contributed by atoms with Gasteiger partial charge >= 0.3 is 5.97 Å². The smallest absolute Gasteiger partial charge is 0.309 e. The number of nitrogens with zero attached hydrogens (tertiary/aromatic N) is 1. The Bertz CT molecular complexity index is 594. The predicted molar refractivity (Wildman–Crippen MR) is 95.9 cm³/mol. The maximum Gasteiger partial charge on any atom is 0.309 e. The van der Waals surface area contributed by atoms with Gasteiger partial charge in [-0.05, 0) is 45.0 Å². The molecule has 0 radical (unpaired) electrons. The van der Waals surface area contributed by atoms with Crippen LogP contribution in [-0.4, -0.2) is 43.0 Å². The molecule has 1 amide bonds. The number of hydrogen-bond acceptors (Lipinski definition) is 4. The van der Waals surface area contributed by atoms with Crippen LogP contribution in [0.25, 0.3) is 0 Å². The molecule has 1 aromatic rings. The number of benzene rings is 1. The van der Waals surface area contributed by atoms with Gasteiger partial charge in [-0.15, -0.1) is 0 Å². The highest BCUT2D eigenvalue weighted by atomic mass is 35.5. The number of piperidine rings is 1. The first-order valence-electron chi connectivity index (χ1n) is 7.74. The third kappa shape index (κ3) is 5.24. The average Bonchev–Trinajstić information content (AvgIpc) is 2.52. The standard InChI is InChI=1S/C16H19Cl3N2O3/c1-2-24-16(23)10-3-5-21(6-4-10)9-14(22)20-15-12(18)7-11(17)8-13(15)19/h7-8,10H,2-6,9H2,1H3,(H,20,22). The van der Waals surface area contributed by atoms with Crippen molar-refractivity contribution in [3.05, 3.63) is 27.2 Å². The van der Waals surface area contributed by atoms with E-state index in [0.29, 0.717) is 53.3 Å². The van der Waals surface area contributed by atoms with Crippen molar-refractivity contribution in [1.29, 1.82) is 0 Å². The first-order valence-corrected chi connectivity index (χ1v) is 8.87. The van der Waals surface area contributed by atoms with E-state index in [1.807, 2.05) is 4.90 Å². The van der Waals surface area contributed by atoms with Crippen LogP contribution in [0.4, 0.5) is 5.69 Å². The number of anilines is 1. The number of likely N-dealkylation sites (tertiary alicyclic amines) is 1. The Morgan fingerprint density at radius 3 is 2.33 bits per heavy atom. The second kappa shape index (κ2) is 8.90. The summed E-state index contributed by atoms with van der Waals surface area (Å²) in [6, 6.07) is 3.05. The summed E-state index contributed by atoms with van der Waals surface area (Å²) in [5, 5.41) is 3.71. The number of nitrogens with one attached hydrogen (secondary N) is 1. The third-order valence-corrected chi connectivity index (χ3v) is 4.66. The van der Waals surface area contributed by atoms with Crippen LogP contribution >= 0.6 is 34.8 Å². The van der Waals surface area contributed by atoms with Crippen LogP contribution in [0.15, 0.2) is 12.1 Å². The number of rotatable bonds is 5. The van der Waals surface area contributed by atoms with Gasteiger partial charge in [0.2, 0.25) is 5.91 Å². The minimum Gasteiger partial charge on any atom is -0.466 e. The topological polar surface area (TPSA) is 58.6 Å². The second-order valence-electron chi connectivity index (χ2n) is 5.60. The summed E-state index contributed by atoms with van der Waals surface area (Å²) in [4.78, 5) is 25.9. The number of halogens is 3. The van der Waals surface area contributed by atoms with Crippen molar-refractivity contribution in [2.45, 2.75) is 19.8 Å². The summed E-state index contributed by atoms with van der Waals surface area (Å²) in [5.41, 5.74) is 0.356. The van der Waals surface area contributed by atoms with E-state index in [9.17, 15) is 9.59 Å². The molecule has 0 bridgehead atoms. The Morgan fingerprint density at radius 1 is 1.21 bits per heavy atom. The molecule has 1 N–H and O–H groups in total. The summed E-state index contributed by atoms with van der Waals surface area (Å²) < 4.78 is 5.04. The van der Waals surface area contributed by atoms with E-state index in [-0.39, 0.29) is 24.3 Å². The molecule has 132 valence electrons. The third-order valence-electron chi connectivity index (χ3n) is 3.85. The summed E-state index contributed by atoms with van der Waals surface area (Å²) in [5.74, 6) is -0.443. The SMILES string of the molecule is CCOC(=O)C1CCN(CC(=O)Nc2c(Cl)cc(Cl)cc2Cl)CC1. The lowest BCUT2D eigenvalue weighted by atomic mass is 9.97. The Kier molecular flexibility index (Phi) is 7.16. The van der Waals surface area contributed by atoms with E-state index in [1.54, 1.807) is 6.92 Å². The zero-order valence-corrected chi connectivity index (χ0v) is 15.5. The molecule has 0 unspecified atom stereocenters. The van der Waals surface area contributed by atoms with E-state index in [2.05, 4.69) is 5.32 Å². The normalized spacial score (nSPS) is 16.0. The van der Waals surface area contributed by atoms with Gasteiger partial charge < -0.3 is 10.1 Å². The fourth-order valence-electron chi connectivity index (χ4n) is 2.63. The molecule has 8 heteroatoms. The molecule has 1 fully saturated rings. The van der Waals surface area contributed by atoms with E-state index < -0.39 is 0 Å². The number of carbonyl (C=O) groups excluding carboxylic acids is 2. The Balaban J connectivity index is 1.85. The maximum absolute atomic E-state index is 12.2. The molecule has 0 aliphatic carbocycles. The van der Waals surface area contributed by atoms with Crippen molar-refractivity contribution in [1.82, 2.24) is 4.90 Å². The largest absolute Gasteiger partial charge is 0.466 e. The highest BCUT2D eigenvalue weighted by Gasteiger charge is 2.27. The first kappa shape index (κ1) is 19.3. The number of hydrogen-bond donors (Lipinski definition) is 1. The molecule has 1 heterocycles. The van der Waals surface area contributed by atoms with Crippen molar-refractivity contribution in [2.24, 2.45) is 5.92 Å².